The maximum absolute atomic E-state index is 10.9. The van der Waals surface area contributed by atoms with Gasteiger partial charge in [0.05, 0.1) is 11.1 Å². The number of rotatable bonds is 5. The number of benzene rings is 1. The van der Waals surface area contributed by atoms with Crippen LogP contribution in [0, 0.1) is 0 Å². The van der Waals surface area contributed by atoms with E-state index in [1.54, 1.807) is 0 Å². The van der Waals surface area contributed by atoms with E-state index in [-0.39, 0.29) is 11.1 Å². The van der Waals surface area contributed by atoms with Gasteiger partial charge in [-0.25, -0.2) is 9.59 Å². The van der Waals surface area contributed by atoms with Crippen LogP contribution in [0.5, 0.6) is 0 Å². The smallest absolute Gasteiger partial charge is 0.335 e. The van der Waals surface area contributed by atoms with Gasteiger partial charge in [-0.1, -0.05) is 13.3 Å². The van der Waals surface area contributed by atoms with E-state index in [1.807, 2.05) is 6.92 Å². The third-order valence-electron chi connectivity index (χ3n) is 2.38. The lowest BCUT2D eigenvalue weighted by Gasteiger charge is -2.06. The molecule has 1 aromatic rings. The van der Waals surface area contributed by atoms with E-state index in [0.29, 0.717) is 12.0 Å². The summed E-state index contributed by atoms with van der Waals surface area (Å²) < 4.78 is 0. The Morgan fingerprint density at radius 1 is 1.19 bits per heavy atom. The first-order valence-corrected chi connectivity index (χ1v) is 5.15. The van der Waals surface area contributed by atoms with E-state index in [2.05, 4.69) is 0 Å². The van der Waals surface area contributed by atoms with E-state index in [4.69, 9.17) is 10.2 Å². The Morgan fingerprint density at radius 3 is 2.38 bits per heavy atom. The Bertz CT molecular complexity index is 409. The highest BCUT2D eigenvalue weighted by Crippen LogP contribution is 2.15. The highest BCUT2D eigenvalue weighted by Gasteiger charge is 2.12. The maximum atomic E-state index is 10.9. The molecule has 0 saturated heterocycles. The van der Waals surface area contributed by atoms with Gasteiger partial charge in [0.15, 0.2) is 0 Å². The molecule has 0 unspecified atom stereocenters. The second-order valence-corrected chi connectivity index (χ2v) is 3.59. The Kier molecular flexibility index (Phi) is 4.05. The number of hydrogen-bond acceptors (Lipinski definition) is 2. The number of carboxylic acid groups (broad SMARTS) is 2. The molecule has 0 fully saturated rings. The minimum absolute atomic E-state index is 0.135. The number of carboxylic acids is 2. The first kappa shape index (κ1) is 12.2. The molecule has 4 nitrogen and oxygen atoms in total. The molecule has 0 aliphatic rings. The molecule has 0 radical (unpaired) electrons. The van der Waals surface area contributed by atoms with Crippen LogP contribution in [0.4, 0.5) is 0 Å². The number of aryl methyl sites for hydroxylation is 1. The Labute approximate surface area is 93.5 Å². The van der Waals surface area contributed by atoms with Crippen molar-refractivity contribution in [3.63, 3.8) is 0 Å². The number of carbonyl (C=O) groups is 2. The van der Waals surface area contributed by atoms with Gasteiger partial charge in [0.1, 0.15) is 0 Å². The minimum Gasteiger partial charge on any atom is -0.478 e. The van der Waals surface area contributed by atoms with Gasteiger partial charge in [0.25, 0.3) is 0 Å². The van der Waals surface area contributed by atoms with Crippen molar-refractivity contribution in [2.75, 3.05) is 0 Å². The predicted molar refractivity (Wildman–Crippen MR) is 59.0 cm³/mol. The van der Waals surface area contributed by atoms with Crippen molar-refractivity contribution in [2.24, 2.45) is 0 Å². The quantitative estimate of drug-likeness (QED) is 0.802. The van der Waals surface area contributed by atoms with Gasteiger partial charge in [0, 0.05) is 0 Å². The maximum Gasteiger partial charge on any atom is 0.335 e. The lowest BCUT2D eigenvalue weighted by atomic mass is 9.99. The van der Waals surface area contributed by atoms with E-state index < -0.39 is 11.9 Å². The number of aromatic carboxylic acids is 2. The van der Waals surface area contributed by atoms with Crippen LogP contribution in [0.2, 0.25) is 0 Å². The van der Waals surface area contributed by atoms with Gasteiger partial charge < -0.3 is 10.2 Å². The lowest BCUT2D eigenvalue weighted by molar-refractivity contribution is 0.0680. The topological polar surface area (TPSA) is 74.6 Å². The van der Waals surface area contributed by atoms with Crippen molar-refractivity contribution in [3.8, 4) is 0 Å². The monoisotopic (exact) mass is 222 g/mol. The zero-order valence-electron chi connectivity index (χ0n) is 9.06. The molecule has 0 aliphatic heterocycles. The van der Waals surface area contributed by atoms with Crippen LogP contribution in [-0.2, 0) is 6.42 Å². The van der Waals surface area contributed by atoms with Crippen molar-refractivity contribution >= 4 is 11.9 Å². The summed E-state index contributed by atoms with van der Waals surface area (Å²) in [5.41, 5.74) is 0.920. The molecule has 0 atom stereocenters. The van der Waals surface area contributed by atoms with Crippen LogP contribution in [0.25, 0.3) is 0 Å². The van der Waals surface area contributed by atoms with Gasteiger partial charge in [0.2, 0.25) is 0 Å². The largest absolute Gasteiger partial charge is 0.478 e. The van der Waals surface area contributed by atoms with Crippen LogP contribution in [0.3, 0.4) is 0 Å². The fourth-order valence-electron chi connectivity index (χ4n) is 1.51. The molecular weight excluding hydrogens is 208 g/mol. The second-order valence-electron chi connectivity index (χ2n) is 3.59. The zero-order chi connectivity index (χ0) is 12.1. The molecule has 4 heteroatoms. The first-order chi connectivity index (χ1) is 7.56. The average molecular weight is 222 g/mol. The summed E-state index contributed by atoms with van der Waals surface area (Å²) in [6.07, 6.45) is 2.39. The number of hydrogen-bond donors (Lipinski definition) is 2. The molecule has 1 aromatic carbocycles. The zero-order valence-corrected chi connectivity index (χ0v) is 9.06. The summed E-state index contributed by atoms with van der Waals surface area (Å²) in [5.74, 6) is -2.04. The van der Waals surface area contributed by atoms with Gasteiger partial charge in [-0.3, -0.25) is 0 Å². The average Bonchev–Trinajstić information content (AvgIpc) is 2.25. The molecule has 86 valence electrons. The standard InChI is InChI=1S/C12H14O4/c1-2-3-4-8-7-9(11(13)14)5-6-10(8)12(15)16/h5-7H,2-4H2,1H3,(H,13,14)(H,15,16). The Hall–Kier alpha value is -1.84. The van der Waals surface area contributed by atoms with Gasteiger partial charge >= 0.3 is 11.9 Å². The molecule has 0 amide bonds. The number of unbranched alkanes of at least 4 members (excludes halogenated alkanes) is 1. The molecule has 1 rings (SSSR count). The van der Waals surface area contributed by atoms with Crippen molar-refractivity contribution < 1.29 is 19.8 Å². The summed E-state index contributed by atoms with van der Waals surface area (Å²) in [6, 6.07) is 4.12. The van der Waals surface area contributed by atoms with Gasteiger partial charge in [-0.2, -0.15) is 0 Å². The molecule has 0 aromatic heterocycles. The van der Waals surface area contributed by atoms with E-state index in [0.717, 1.165) is 12.8 Å². The lowest BCUT2D eigenvalue weighted by Crippen LogP contribution is -2.05. The van der Waals surface area contributed by atoms with Crippen molar-refractivity contribution in [2.45, 2.75) is 26.2 Å². The summed E-state index contributed by atoms with van der Waals surface area (Å²) in [5, 5.41) is 17.8. The van der Waals surface area contributed by atoms with Crippen LogP contribution < -0.4 is 0 Å². The molecule has 16 heavy (non-hydrogen) atoms. The van der Waals surface area contributed by atoms with E-state index in [9.17, 15) is 9.59 Å². The highest BCUT2D eigenvalue weighted by molar-refractivity contribution is 5.93. The van der Waals surface area contributed by atoms with Crippen molar-refractivity contribution in [1.82, 2.24) is 0 Å². The minimum atomic E-state index is -1.03. The molecule has 0 heterocycles. The van der Waals surface area contributed by atoms with Crippen LogP contribution in [0.15, 0.2) is 18.2 Å². The third-order valence-corrected chi connectivity index (χ3v) is 2.38. The van der Waals surface area contributed by atoms with E-state index in [1.165, 1.54) is 18.2 Å². The van der Waals surface area contributed by atoms with Crippen LogP contribution >= 0.6 is 0 Å². The first-order valence-electron chi connectivity index (χ1n) is 5.15. The summed E-state index contributed by atoms with van der Waals surface area (Å²) in [4.78, 5) is 21.7. The fraction of sp³-hybridized carbons (Fsp3) is 0.333. The molecule has 2 N–H and O–H groups in total. The van der Waals surface area contributed by atoms with Crippen molar-refractivity contribution in [1.29, 1.82) is 0 Å². The molecule has 0 saturated carbocycles. The normalized spacial score (nSPS) is 10.1. The Morgan fingerprint density at radius 2 is 1.88 bits per heavy atom. The predicted octanol–water partition coefficient (Wildman–Crippen LogP) is 2.43. The van der Waals surface area contributed by atoms with Crippen LogP contribution in [0.1, 0.15) is 46.0 Å². The fourth-order valence-corrected chi connectivity index (χ4v) is 1.51. The SMILES string of the molecule is CCCCc1cc(C(=O)O)ccc1C(=O)O. The summed E-state index contributed by atoms with van der Waals surface area (Å²) >= 11 is 0. The Balaban J connectivity index is 3.10. The van der Waals surface area contributed by atoms with Crippen LogP contribution in [-0.4, -0.2) is 22.2 Å². The molecule has 0 bridgehead atoms. The molecular formula is C12H14O4. The molecule has 0 spiro atoms. The second kappa shape index (κ2) is 5.30. The highest BCUT2D eigenvalue weighted by atomic mass is 16.4. The summed E-state index contributed by atoms with van der Waals surface area (Å²) in [6.45, 7) is 2.00. The van der Waals surface area contributed by atoms with E-state index >= 15 is 0 Å². The van der Waals surface area contributed by atoms with Crippen molar-refractivity contribution in [3.05, 3.63) is 34.9 Å². The van der Waals surface area contributed by atoms with Gasteiger partial charge in [-0.15, -0.1) is 0 Å². The van der Waals surface area contributed by atoms with Gasteiger partial charge in [-0.05, 0) is 36.6 Å². The third kappa shape index (κ3) is 2.82. The summed E-state index contributed by atoms with van der Waals surface area (Å²) in [7, 11) is 0. The molecule has 0 aliphatic carbocycles.